The van der Waals surface area contributed by atoms with Crippen molar-refractivity contribution in [3.05, 3.63) is 0 Å². The first kappa shape index (κ1) is 47.0. The van der Waals surface area contributed by atoms with Gasteiger partial charge in [-0.3, -0.25) is 18.6 Å². The van der Waals surface area contributed by atoms with Crippen molar-refractivity contribution in [2.75, 3.05) is 26.4 Å². The van der Waals surface area contributed by atoms with Gasteiger partial charge in [0.15, 0.2) is 6.10 Å². The van der Waals surface area contributed by atoms with Gasteiger partial charge in [0.25, 0.3) is 0 Å². The molecule has 1 aliphatic carbocycles. The second-order valence-electron chi connectivity index (χ2n) is 14.6. The van der Waals surface area contributed by atoms with E-state index in [4.69, 9.17) is 19.1 Å². The summed E-state index contributed by atoms with van der Waals surface area (Å²) >= 11 is 0. The molecule has 1 rings (SSSR count). The molecule has 0 aliphatic heterocycles. The lowest BCUT2D eigenvalue weighted by Crippen LogP contribution is -2.29. The molecule has 0 aromatic heterocycles. The summed E-state index contributed by atoms with van der Waals surface area (Å²) in [5, 5.41) is 18.3. The minimum Gasteiger partial charge on any atom is -0.462 e. The maximum absolute atomic E-state index is 12.6. The van der Waals surface area contributed by atoms with Crippen molar-refractivity contribution in [2.24, 2.45) is 11.8 Å². The first-order chi connectivity index (χ1) is 24.2. The van der Waals surface area contributed by atoms with E-state index in [0.29, 0.717) is 6.42 Å². The highest BCUT2D eigenvalue weighted by Crippen LogP contribution is 2.46. The number of ether oxygens (including phenoxy) is 2. The fraction of sp³-hybridized carbons (Fsp3) is 0.949. The number of esters is 2. The molecule has 0 amide bonds. The number of carbonyl (C=O) groups is 2. The molecule has 5 unspecified atom stereocenters. The highest BCUT2D eigenvalue weighted by molar-refractivity contribution is 7.47. The lowest BCUT2D eigenvalue weighted by atomic mass is 10.0. The van der Waals surface area contributed by atoms with Crippen molar-refractivity contribution in [1.29, 1.82) is 0 Å². The zero-order valence-corrected chi connectivity index (χ0v) is 32.8. The molecule has 1 saturated carbocycles. The number of rotatable bonds is 37. The van der Waals surface area contributed by atoms with Crippen LogP contribution >= 0.6 is 7.82 Å². The summed E-state index contributed by atoms with van der Waals surface area (Å²) in [5.41, 5.74) is 0. The van der Waals surface area contributed by atoms with E-state index in [2.05, 4.69) is 18.4 Å². The number of aliphatic hydroxyl groups excluding tert-OH is 2. The van der Waals surface area contributed by atoms with Crippen molar-refractivity contribution in [1.82, 2.24) is 0 Å². The van der Waals surface area contributed by atoms with Crippen molar-refractivity contribution in [3.63, 3.8) is 0 Å². The highest BCUT2D eigenvalue weighted by Gasteiger charge is 2.35. The number of carbonyl (C=O) groups excluding carboxylic acids is 2. The van der Waals surface area contributed by atoms with E-state index in [1.807, 2.05) is 0 Å². The molecular formula is C39H75O10P. The van der Waals surface area contributed by atoms with Gasteiger partial charge in [-0.2, -0.15) is 0 Å². The van der Waals surface area contributed by atoms with Crippen molar-refractivity contribution in [3.8, 4) is 0 Å². The van der Waals surface area contributed by atoms with Crippen LogP contribution in [0, 0.1) is 11.8 Å². The average molecular weight is 735 g/mol. The Morgan fingerprint density at radius 3 is 1.54 bits per heavy atom. The molecule has 1 fully saturated rings. The Balaban J connectivity index is 2.27. The van der Waals surface area contributed by atoms with Crippen LogP contribution in [0.5, 0.6) is 0 Å². The van der Waals surface area contributed by atoms with E-state index in [1.165, 1.54) is 116 Å². The summed E-state index contributed by atoms with van der Waals surface area (Å²) in [4.78, 5) is 34.9. The molecular weight excluding hydrogens is 659 g/mol. The molecule has 11 heteroatoms. The van der Waals surface area contributed by atoms with E-state index in [-0.39, 0.29) is 19.4 Å². The van der Waals surface area contributed by atoms with Crippen LogP contribution in [0.1, 0.15) is 187 Å². The Kier molecular flexibility index (Phi) is 29.6. The Bertz CT molecular complexity index is 872. The topological polar surface area (TPSA) is 149 Å². The normalized spacial score (nSPS) is 18.0. The number of phosphoric acid groups is 1. The summed E-state index contributed by atoms with van der Waals surface area (Å²) in [6.07, 6.45) is 28.3. The molecule has 0 saturated heterocycles. The summed E-state index contributed by atoms with van der Waals surface area (Å²) in [5.74, 6) is 0.993. The van der Waals surface area contributed by atoms with Gasteiger partial charge in [-0.15, -0.1) is 0 Å². The summed E-state index contributed by atoms with van der Waals surface area (Å²) < 4.78 is 32.7. The second-order valence-corrected chi connectivity index (χ2v) is 16.0. The number of phosphoric ester groups is 1. The van der Waals surface area contributed by atoms with E-state index in [1.54, 1.807) is 0 Å². The van der Waals surface area contributed by atoms with Crippen LogP contribution in [0.3, 0.4) is 0 Å². The molecule has 0 heterocycles. The van der Waals surface area contributed by atoms with Crippen molar-refractivity contribution < 1.29 is 47.8 Å². The van der Waals surface area contributed by atoms with Crippen LogP contribution in [0.25, 0.3) is 0 Å². The molecule has 0 aromatic carbocycles. The van der Waals surface area contributed by atoms with Gasteiger partial charge in [0.1, 0.15) is 12.7 Å². The van der Waals surface area contributed by atoms with Gasteiger partial charge < -0.3 is 24.6 Å². The fourth-order valence-corrected chi connectivity index (χ4v) is 7.20. The number of hydrogen-bond acceptors (Lipinski definition) is 9. The lowest BCUT2D eigenvalue weighted by Gasteiger charge is -2.20. The third-order valence-electron chi connectivity index (χ3n) is 9.73. The second kappa shape index (κ2) is 31.5. The largest absolute Gasteiger partial charge is 0.472 e. The highest BCUT2D eigenvalue weighted by atomic mass is 31.2. The molecule has 10 nitrogen and oxygen atoms in total. The monoisotopic (exact) mass is 735 g/mol. The first-order valence-electron chi connectivity index (χ1n) is 20.5. The maximum atomic E-state index is 12.6. The maximum Gasteiger partial charge on any atom is 0.472 e. The van der Waals surface area contributed by atoms with E-state index < -0.39 is 51.8 Å². The Labute approximate surface area is 304 Å². The van der Waals surface area contributed by atoms with Gasteiger partial charge in [0, 0.05) is 12.8 Å². The lowest BCUT2D eigenvalue weighted by molar-refractivity contribution is -0.161. The zero-order chi connectivity index (χ0) is 36.7. The predicted octanol–water partition coefficient (Wildman–Crippen LogP) is 9.75. The fourth-order valence-electron chi connectivity index (χ4n) is 6.41. The van der Waals surface area contributed by atoms with Crippen LogP contribution in [-0.2, 0) is 32.7 Å². The summed E-state index contributed by atoms with van der Waals surface area (Å²) in [6.45, 7) is 2.41. The molecule has 0 aromatic rings. The third-order valence-corrected chi connectivity index (χ3v) is 10.7. The average Bonchev–Trinajstić information content (AvgIpc) is 3.86. The minimum atomic E-state index is -4.60. The third kappa shape index (κ3) is 28.5. The number of aliphatic hydroxyl groups is 2. The van der Waals surface area contributed by atoms with Crippen LogP contribution in [0.4, 0.5) is 0 Å². The molecule has 296 valence electrons. The van der Waals surface area contributed by atoms with Crippen molar-refractivity contribution >= 4 is 19.8 Å². The predicted molar refractivity (Wildman–Crippen MR) is 199 cm³/mol. The van der Waals surface area contributed by atoms with Crippen LogP contribution in [0.15, 0.2) is 0 Å². The van der Waals surface area contributed by atoms with Crippen LogP contribution in [0.2, 0.25) is 0 Å². The SMILES string of the molecule is CCCCCCCCCCCCCCCC(=O)OC(COC(=O)CCCCCCCC1CC1CCCCCC)COP(=O)(O)OCC(O)CO. The minimum absolute atomic E-state index is 0.193. The smallest absolute Gasteiger partial charge is 0.462 e. The first-order valence-corrected chi connectivity index (χ1v) is 22.0. The number of unbranched alkanes of at least 4 members (excludes halogenated alkanes) is 19. The van der Waals surface area contributed by atoms with E-state index in [9.17, 15) is 24.2 Å². The van der Waals surface area contributed by atoms with Gasteiger partial charge in [0.05, 0.1) is 19.8 Å². The molecule has 5 atom stereocenters. The van der Waals surface area contributed by atoms with Gasteiger partial charge in [-0.25, -0.2) is 4.57 Å². The molecule has 3 N–H and O–H groups in total. The van der Waals surface area contributed by atoms with Gasteiger partial charge >= 0.3 is 19.8 Å². The molecule has 1 aliphatic rings. The molecule has 0 bridgehead atoms. The van der Waals surface area contributed by atoms with E-state index >= 15 is 0 Å². The summed E-state index contributed by atoms with van der Waals surface area (Å²) in [7, 11) is -4.60. The Hall–Kier alpha value is -1.03. The van der Waals surface area contributed by atoms with Gasteiger partial charge in [-0.1, -0.05) is 155 Å². The van der Waals surface area contributed by atoms with Gasteiger partial charge in [0.2, 0.25) is 0 Å². The Morgan fingerprint density at radius 2 is 1.04 bits per heavy atom. The van der Waals surface area contributed by atoms with Crippen LogP contribution in [-0.4, -0.2) is 65.7 Å². The van der Waals surface area contributed by atoms with E-state index in [0.717, 1.165) is 50.4 Å². The molecule has 0 spiro atoms. The van der Waals surface area contributed by atoms with Gasteiger partial charge in [-0.05, 0) is 31.1 Å². The molecule has 50 heavy (non-hydrogen) atoms. The standard InChI is InChI=1S/C39H75O10P/c1-3-5-7-9-10-11-12-13-14-15-16-19-24-28-39(43)49-37(33-48-50(44,45)47-31-36(41)30-40)32-46-38(42)27-23-20-17-18-22-26-35-29-34(35)25-21-8-6-4-2/h34-37,40-41H,3-33H2,1-2H3,(H,44,45). The molecule has 0 radical (unpaired) electrons. The Morgan fingerprint density at radius 1 is 0.620 bits per heavy atom. The zero-order valence-electron chi connectivity index (χ0n) is 31.9. The van der Waals surface area contributed by atoms with Crippen molar-refractivity contribution in [2.45, 2.75) is 199 Å². The van der Waals surface area contributed by atoms with Crippen LogP contribution < -0.4 is 0 Å². The quantitative estimate of drug-likeness (QED) is 0.0320. The summed E-state index contributed by atoms with van der Waals surface area (Å²) in [6, 6.07) is 0. The number of hydrogen-bond donors (Lipinski definition) is 3.